The van der Waals surface area contributed by atoms with E-state index in [-0.39, 0.29) is 12.2 Å². The lowest BCUT2D eigenvalue weighted by Crippen LogP contribution is -2.26. The van der Waals surface area contributed by atoms with E-state index in [9.17, 15) is 4.79 Å². The van der Waals surface area contributed by atoms with Gasteiger partial charge in [-0.15, -0.1) is 4.73 Å². The number of fused-ring (bicyclic) bond motifs is 2. The summed E-state index contributed by atoms with van der Waals surface area (Å²) in [6.45, 7) is 0.0608. The summed E-state index contributed by atoms with van der Waals surface area (Å²) in [5.41, 5.74) is 10.2. The normalized spacial score (nSPS) is 11.2. The summed E-state index contributed by atoms with van der Waals surface area (Å²) in [7, 11) is 0. The van der Waals surface area contributed by atoms with Crippen LogP contribution in [0, 0.1) is 0 Å². The van der Waals surface area contributed by atoms with E-state index in [0.29, 0.717) is 28.3 Å². The number of aromatic nitrogens is 4. The van der Waals surface area contributed by atoms with Crippen molar-refractivity contribution in [2.75, 3.05) is 5.73 Å². The zero-order valence-electron chi connectivity index (χ0n) is 15.4. The molecule has 0 bridgehead atoms. The van der Waals surface area contributed by atoms with E-state index in [1.807, 2.05) is 48.5 Å². The van der Waals surface area contributed by atoms with Gasteiger partial charge in [0.1, 0.15) is 5.82 Å². The third-order valence-electron chi connectivity index (χ3n) is 4.78. The minimum absolute atomic E-state index is 0.0608. The Morgan fingerprint density at radius 2 is 1.83 bits per heavy atom. The molecule has 0 saturated carbocycles. The number of nitrogen functional groups attached to an aromatic ring is 1. The quantitative estimate of drug-likeness (QED) is 0.497. The third-order valence-corrected chi connectivity index (χ3v) is 4.78. The molecule has 7 heteroatoms. The molecule has 0 spiro atoms. The lowest BCUT2D eigenvalue weighted by molar-refractivity contribution is 0.0973. The van der Waals surface area contributed by atoms with Crippen LogP contribution in [0.1, 0.15) is 5.69 Å². The van der Waals surface area contributed by atoms with Crippen molar-refractivity contribution in [3.05, 3.63) is 89.0 Å². The van der Waals surface area contributed by atoms with Crippen LogP contribution in [-0.4, -0.2) is 19.7 Å². The highest BCUT2D eigenvalue weighted by molar-refractivity contribution is 5.83. The van der Waals surface area contributed by atoms with Crippen molar-refractivity contribution >= 4 is 27.6 Å². The number of nitrogens with two attached hydrogens (primary N) is 1. The van der Waals surface area contributed by atoms with E-state index in [1.165, 1.54) is 10.8 Å². The number of imidazole rings is 1. The summed E-state index contributed by atoms with van der Waals surface area (Å²) in [5, 5.41) is 0.908. The summed E-state index contributed by atoms with van der Waals surface area (Å²) in [5.74, 6) is 0.612. The molecule has 0 amide bonds. The summed E-state index contributed by atoms with van der Waals surface area (Å²) in [6.07, 6.45) is 1.62. The van der Waals surface area contributed by atoms with Crippen LogP contribution in [0.4, 0.5) is 5.69 Å². The van der Waals surface area contributed by atoms with Gasteiger partial charge in [0.05, 0.1) is 27.8 Å². The van der Waals surface area contributed by atoms with Crippen molar-refractivity contribution in [3.63, 3.8) is 0 Å². The van der Waals surface area contributed by atoms with E-state index < -0.39 is 0 Å². The molecule has 5 aromatic rings. The van der Waals surface area contributed by atoms with Gasteiger partial charge in [-0.2, -0.15) is 0 Å². The molecule has 0 aliphatic rings. The van der Waals surface area contributed by atoms with Gasteiger partial charge in [-0.3, -0.25) is 9.78 Å². The fourth-order valence-corrected chi connectivity index (χ4v) is 3.40. The molecule has 3 N–H and O–H groups in total. The molecule has 0 atom stereocenters. The maximum Gasteiger partial charge on any atom is 0.283 e. The maximum absolute atomic E-state index is 12.4. The monoisotopic (exact) mass is 383 g/mol. The number of anilines is 1. The number of pyridine rings is 2. The third kappa shape index (κ3) is 2.98. The van der Waals surface area contributed by atoms with Crippen LogP contribution in [-0.2, 0) is 6.61 Å². The van der Waals surface area contributed by atoms with Gasteiger partial charge in [-0.1, -0.05) is 30.3 Å². The Morgan fingerprint density at radius 3 is 2.72 bits per heavy atom. The lowest BCUT2D eigenvalue weighted by atomic mass is 10.1. The standard InChI is InChI=1S/C22H17N5O2/c23-15-11-12-24-18(21(15)22-25-16-6-2-3-7-17(16)26-22)13-29-27-19-8-4-1-5-14(19)9-10-20(27)28/h1-12H,13H2,(H2,23,24)(H,25,26). The first kappa shape index (κ1) is 17.0. The van der Waals surface area contributed by atoms with Crippen LogP contribution in [0.5, 0.6) is 0 Å². The van der Waals surface area contributed by atoms with Crippen molar-refractivity contribution in [2.45, 2.75) is 6.61 Å². The molecule has 142 valence electrons. The molecule has 0 radical (unpaired) electrons. The first-order valence-electron chi connectivity index (χ1n) is 9.13. The second kappa shape index (κ2) is 6.79. The van der Waals surface area contributed by atoms with Crippen LogP contribution in [0.15, 0.2) is 77.7 Å². The van der Waals surface area contributed by atoms with Gasteiger partial charge in [-0.25, -0.2) is 4.98 Å². The van der Waals surface area contributed by atoms with E-state index in [2.05, 4.69) is 15.0 Å². The van der Waals surface area contributed by atoms with E-state index in [1.54, 1.807) is 18.3 Å². The number of nitrogens with one attached hydrogen (secondary N) is 1. The summed E-state index contributed by atoms with van der Waals surface area (Å²) in [4.78, 5) is 30.6. The smallest absolute Gasteiger partial charge is 0.283 e. The van der Waals surface area contributed by atoms with Gasteiger partial charge in [0.15, 0.2) is 6.61 Å². The molecule has 3 aromatic heterocycles. The van der Waals surface area contributed by atoms with Gasteiger partial charge in [0.25, 0.3) is 5.56 Å². The summed E-state index contributed by atoms with van der Waals surface area (Å²) in [6, 6.07) is 20.2. The molecule has 0 fully saturated rings. The maximum atomic E-state index is 12.4. The molecular weight excluding hydrogens is 366 g/mol. The topological polar surface area (TPSA) is 98.8 Å². The van der Waals surface area contributed by atoms with Crippen molar-refractivity contribution in [1.82, 2.24) is 19.7 Å². The Hall–Kier alpha value is -4.13. The molecule has 0 saturated heterocycles. The van der Waals surface area contributed by atoms with Crippen LogP contribution in [0.25, 0.3) is 33.3 Å². The van der Waals surface area contributed by atoms with Crippen LogP contribution in [0.3, 0.4) is 0 Å². The highest BCUT2D eigenvalue weighted by Crippen LogP contribution is 2.28. The molecule has 2 aromatic carbocycles. The molecule has 29 heavy (non-hydrogen) atoms. The predicted molar refractivity (Wildman–Crippen MR) is 112 cm³/mol. The van der Waals surface area contributed by atoms with Crippen LogP contribution >= 0.6 is 0 Å². The first-order valence-corrected chi connectivity index (χ1v) is 9.13. The largest absolute Gasteiger partial charge is 0.404 e. The number of benzene rings is 2. The van der Waals surface area contributed by atoms with Crippen molar-refractivity contribution < 1.29 is 4.84 Å². The number of rotatable bonds is 4. The fourth-order valence-electron chi connectivity index (χ4n) is 3.40. The highest BCUT2D eigenvalue weighted by atomic mass is 16.7. The van der Waals surface area contributed by atoms with Gasteiger partial charge in [0, 0.05) is 23.3 Å². The first-order chi connectivity index (χ1) is 14.2. The number of hydrogen-bond donors (Lipinski definition) is 2. The highest BCUT2D eigenvalue weighted by Gasteiger charge is 2.16. The van der Waals surface area contributed by atoms with Crippen molar-refractivity contribution in [1.29, 1.82) is 0 Å². The van der Waals surface area contributed by atoms with E-state index in [4.69, 9.17) is 10.6 Å². The predicted octanol–water partition coefficient (Wildman–Crippen LogP) is 3.15. The molecule has 0 unspecified atom stereocenters. The minimum atomic E-state index is -0.252. The molecule has 3 heterocycles. The van der Waals surface area contributed by atoms with Crippen molar-refractivity contribution in [3.8, 4) is 11.4 Å². The SMILES string of the molecule is Nc1ccnc(COn2c(=O)ccc3ccccc32)c1-c1nc2ccccc2[nH]1. The average molecular weight is 383 g/mol. The number of H-pyrrole nitrogens is 1. The Balaban J connectivity index is 1.56. The van der Waals surface area contributed by atoms with Crippen LogP contribution < -0.4 is 16.1 Å². The summed E-state index contributed by atoms with van der Waals surface area (Å²) < 4.78 is 1.28. The number of hydrogen-bond acceptors (Lipinski definition) is 5. The van der Waals surface area contributed by atoms with Gasteiger partial charge in [-0.05, 0) is 30.3 Å². The zero-order chi connectivity index (χ0) is 19.8. The molecule has 7 nitrogen and oxygen atoms in total. The number of nitrogens with zero attached hydrogens (tertiary/aromatic N) is 3. The zero-order valence-corrected chi connectivity index (χ0v) is 15.4. The van der Waals surface area contributed by atoms with Gasteiger partial charge in [0.2, 0.25) is 0 Å². The van der Waals surface area contributed by atoms with E-state index >= 15 is 0 Å². The van der Waals surface area contributed by atoms with Gasteiger partial charge < -0.3 is 15.6 Å². The Labute approximate surface area is 165 Å². The number of para-hydroxylation sites is 3. The molecule has 5 rings (SSSR count). The van der Waals surface area contributed by atoms with Crippen molar-refractivity contribution in [2.24, 2.45) is 0 Å². The van der Waals surface area contributed by atoms with E-state index in [0.717, 1.165) is 16.4 Å². The summed E-state index contributed by atoms with van der Waals surface area (Å²) >= 11 is 0. The lowest BCUT2D eigenvalue weighted by Gasteiger charge is -2.13. The second-order valence-electron chi connectivity index (χ2n) is 6.62. The Morgan fingerprint density at radius 1 is 1.00 bits per heavy atom. The Bertz CT molecular complexity index is 1370. The number of aromatic amines is 1. The van der Waals surface area contributed by atoms with Gasteiger partial charge >= 0.3 is 0 Å². The molecule has 0 aliphatic carbocycles. The molecule has 0 aliphatic heterocycles. The average Bonchev–Trinajstić information content (AvgIpc) is 3.16. The Kier molecular flexibility index (Phi) is 3.98. The minimum Gasteiger partial charge on any atom is -0.404 e. The van der Waals surface area contributed by atoms with Crippen LogP contribution in [0.2, 0.25) is 0 Å². The second-order valence-corrected chi connectivity index (χ2v) is 6.62. The molecular formula is C22H17N5O2. The fraction of sp³-hybridized carbons (Fsp3) is 0.0455.